The Kier molecular flexibility index (Phi) is 14.4. The van der Waals surface area contributed by atoms with E-state index in [1.54, 1.807) is 24.3 Å². The molecule has 18 nitrogen and oxygen atoms in total. The molecule has 0 aliphatic heterocycles. The van der Waals surface area contributed by atoms with Crippen LogP contribution < -0.4 is 0 Å². The fraction of sp³-hybridized carbons (Fsp3) is 0.111. The van der Waals surface area contributed by atoms with E-state index in [-0.39, 0.29) is 114 Å². The largest absolute Gasteiger partial charge is 2.00 e. The van der Waals surface area contributed by atoms with Crippen LogP contribution in [0.25, 0.3) is 21.5 Å². The number of phenols is 2. The predicted molar refractivity (Wildman–Crippen MR) is 203 cm³/mol. The molecule has 288 valence electrons. The maximum atomic E-state index is 11.5. The average Bonchev–Trinajstić information content (AvgIpc) is 3.16. The normalized spacial score (nSPS) is 11.7. The Labute approximate surface area is 364 Å². The number of benzene rings is 6. The van der Waals surface area contributed by atoms with E-state index in [0.29, 0.717) is 12.8 Å². The van der Waals surface area contributed by atoms with Crippen molar-refractivity contribution >= 4 is 125 Å². The SMILES string of the molecule is CCc1ccc(N=Nc2c(O)cc(S(=O)(=O)[O-])c3ccccc23)c([N+](=O)O)c1.CCc1ccc(N=Nc2c(O)cc(S(=O)(=O)[O-])c3ccccc23)c([N+](=O)O)c1.[Ba+2]. The summed E-state index contributed by atoms with van der Waals surface area (Å²) in [7, 11) is -9.65. The molecule has 21 heteroatoms. The van der Waals surface area contributed by atoms with Gasteiger partial charge in [0, 0.05) is 45.8 Å². The summed E-state index contributed by atoms with van der Waals surface area (Å²) in [5, 5.41) is 55.2. The molecule has 6 aromatic carbocycles. The number of nitrogens with zero attached hydrogens (tertiary/aromatic N) is 6. The molecule has 0 saturated carbocycles. The van der Waals surface area contributed by atoms with Gasteiger partial charge in [-0.15, -0.1) is 20.5 Å². The zero-order valence-electron chi connectivity index (χ0n) is 29.9. The van der Waals surface area contributed by atoms with Gasteiger partial charge in [-0.25, -0.2) is 27.3 Å². The van der Waals surface area contributed by atoms with Crippen molar-refractivity contribution in [2.45, 2.75) is 36.5 Å². The van der Waals surface area contributed by atoms with Gasteiger partial charge in [0.15, 0.2) is 11.4 Å². The van der Waals surface area contributed by atoms with E-state index < -0.39 is 41.5 Å². The maximum Gasteiger partial charge on any atom is 2.00 e. The van der Waals surface area contributed by atoms with E-state index in [0.717, 1.165) is 23.3 Å². The van der Waals surface area contributed by atoms with Crippen molar-refractivity contribution in [2.75, 3.05) is 0 Å². The van der Waals surface area contributed by atoms with Crippen LogP contribution in [0.15, 0.2) is 127 Å². The van der Waals surface area contributed by atoms with Crippen LogP contribution in [0.4, 0.5) is 34.1 Å². The Balaban J connectivity index is 0.000000248. The van der Waals surface area contributed by atoms with Crippen molar-refractivity contribution in [3.8, 4) is 11.5 Å². The van der Waals surface area contributed by atoms with Gasteiger partial charge in [0.1, 0.15) is 43.1 Å². The first-order valence-electron chi connectivity index (χ1n) is 16.3. The Hall–Kier alpha value is -5.17. The first kappa shape index (κ1) is 44.5. The summed E-state index contributed by atoms with van der Waals surface area (Å²) in [6.45, 7) is 3.76. The van der Waals surface area contributed by atoms with Gasteiger partial charge >= 0.3 is 60.3 Å². The maximum absolute atomic E-state index is 11.5. The number of aromatic hydroxyl groups is 2. The second kappa shape index (κ2) is 18.4. The zero-order chi connectivity index (χ0) is 40.9. The molecule has 0 aliphatic carbocycles. The Morgan fingerprint density at radius 1 is 0.544 bits per heavy atom. The van der Waals surface area contributed by atoms with E-state index >= 15 is 0 Å². The number of aryl methyl sites for hydroxylation is 2. The number of hydrogen-bond acceptors (Lipinski definition) is 14. The van der Waals surface area contributed by atoms with Crippen molar-refractivity contribution in [2.24, 2.45) is 20.5 Å². The standard InChI is InChI=1S/2C18H15N3O6S.Ba/c2*1-2-11-7-8-14(15(9-11)21(23)24)19-20-18-13-6-4-3-5-12(13)17(10-16(18)22)28(25,26)27;/h2*3-10H,2H2,1H3,(H2-,19,22,23,24,25,26,27);/q;;+2. The number of rotatable bonds is 10. The molecule has 0 radical (unpaired) electrons. The van der Waals surface area contributed by atoms with Crippen LogP contribution in [-0.2, 0) is 33.1 Å². The van der Waals surface area contributed by atoms with Crippen LogP contribution in [0.1, 0.15) is 25.0 Å². The molecule has 0 aromatic heterocycles. The number of phenolic OH excluding ortho intramolecular Hbond substituents is 2. The van der Waals surface area contributed by atoms with Gasteiger partial charge in [0.05, 0.1) is 19.6 Å². The van der Waals surface area contributed by atoms with E-state index in [9.17, 15) is 56.4 Å². The summed E-state index contributed by atoms with van der Waals surface area (Å²) in [5.74, 6) is -1.13. The van der Waals surface area contributed by atoms with Gasteiger partial charge in [-0.2, -0.15) is 0 Å². The smallest absolute Gasteiger partial charge is 0.744 e. The van der Waals surface area contributed by atoms with Crippen molar-refractivity contribution < 1.29 is 56.4 Å². The van der Waals surface area contributed by atoms with Crippen molar-refractivity contribution in [3.63, 3.8) is 0 Å². The van der Waals surface area contributed by atoms with Gasteiger partial charge < -0.3 is 19.3 Å². The topological polar surface area (TPSA) is 285 Å². The van der Waals surface area contributed by atoms with Crippen molar-refractivity contribution in [1.29, 1.82) is 0 Å². The van der Waals surface area contributed by atoms with Gasteiger partial charge in [0.2, 0.25) is 0 Å². The molecule has 0 bridgehead atoms. The second-order valence-corrected chi connectivity index (χ2v) is 14.5. The molecular weight excluding hydrogens is 910 g/mol. The molecule has 6 rings (SSSR count). The molecule has 4 N–H and O–H groups in total. The molecule has 0 aliphatic rings. The van der Waals surface area contributed by atoms with E-state index in [2.05, 4.69) is 20.5 Å². The van der Waals surface area contributed by atoms with E-state index in [1.807, 2.05) is 13.8 Å². The first-order chi connectivity index (χ1) is 26.4. The molecular formula is C36H30BaN6O12S2+2. The molecule has 0 spiro atoms. The van der Waals surface area contributed by atoms with Gasteiger partial charge in [-0.1, -0.05) is 74.5 Å². The Morgan fingerprint density at radius 2 is 0.877 bits per heavy atom. The van der Waals surface area contributed by atoms with Gasteiger partial charge in [-0.05, 0) is 36.1 Å². The Morgan fingerprint density at radius 3 is 1.18 bits per heavy atom. The van der Waals surface area contributed by atoms with E-state index in [4.69, 9.17) is 0 Å². The molecule has 0 amide bonds. The predicted octanol–water partition coefficient (Wildman–Crippen LogP) is 8.07. The number of hydrogen-bond donors (Lipinski definition) is 4. The second-order valence-electron chi connectivity index (χ2n) is 11.8. The summed E-state index contributed by atoms with van der Waals surface area (Å²) in [4.78, 5) is 21.0. The van der Waals surface area contributed by atoms with Crippen LogP contribution in [-0.4, -0.2) is 105 Å². The molecule has 0 unspecified atom stereocenters. The van der Waals surface area contributed by atoms with E-state index in [1.165, 1.54) is 60.7 Å². The molecule has 57 heavy (non-hydrogen) atoms. The van der Waals surface area contributed by atoms with Crippen LogP contribution in [0.3, 0.4) is 0 Å². The van der Waals surface area contributed by atoms with Crippen LogP contribution >= 0.6 is 0 Å². The van der Waals surface area contributed by atoms with Crippen LogP contribution in [0.2, 0.25) is 0 Å². The number of fused-ring (bicyclic) bond motifs is 2. The average molecular weight is 940 g/mol. The minimum absolute atomic E-state index is 0. The van der Waals surface area contributed by atoms with Gasteiger partial charge in [-0.3, -0.25) is 0 Å². The zero-order valence-corrected chi connectivity index (χ0v) is 36.0. The summed E-state index contributed by atoms with van der Waals surface area (Å²) in [6.07, 6.45) is 1.27. The third-order valence-electron chi connectivity index (χ3n) is 8.28. The third-order valence-corrected chi connectivity index (χ3v) is 10.0. The molecule has 6 aromatic rings. The summed E-state index contributed by atoms with van der Waals surface area (Å²) >= 11 is 0. The van der Waals surface area contributed by atoms with Crippen LogP contribution in [0, 0.1) is 9.81 Å². The minimum atomic E-state index is -4.82. The fourth-order valence-electron chi connectivity index (χ4n) is 5.51. The number of azo groups is 2. The third kappa shape index (κ3) is 10.2. The monoisotopic (exact) mass is 940 g/mol. The summed E-state index contributed by atoms with van der Waals surface area (Å²) < 4.78 is 68.9. The molecule has 0 saturated heterocycles. The van der Waals surface area contributed by atoms with Gasteiger partial charge in [0.25, 0.3) is 9.85 Å². The first-order valence-corrected chi connectivity index (χ1v) is 19.1. The molecule has 0 heterocycles. The van der Waals surface area contributed by atoms with Crippen LogP contribution in [0.5, 0.6) is 11.5 Å². The molecule has 0 atom stereocenters. The fourth-order valence-corrected chi connectivity index (χ4v) is 6.92. The van der Waals surface area contributed by atoms with Crippen molar-refractivity contribution in [3.05, 3.63) is 118 Å². The summed E-state index contributed by atoms with van der Waals surface area (Å²) in [5.41, 5.74) is 1.24. The minimum Gasteiger partial charge on any atom is -0.744 e. The molecule has 0 fully saturated rings. The quantitative estimate of drug-likeness (QED) is 0.0439. The summed E-state index contributed by atoms with van der Waals surface area (Å²) in [6, 6.07) is 22.9. The van der Waals surface area contributed by atoms with Crippen molar-refractivity contribution in [1.82, 2.24) is 0 Å². The Bertz CT molecular complexity index is 2640.